The van der Waals surface area contributed by atoms with Crippen LogP contribution in [-0.2, 0) is 20.0 Å². The first-order chi connectivity index (χ1) is 11.3. The molecular formula is C19H21NO3S. The number of carbonyl (C=O) groups excluding carboxylic acids is 1. The fourth-order valence-electron chi connectivity index (χ4n) is 2.95. The number of carbonyl (C=O) groups is 1. The van der Waals surface area contributed by atoms with E-state index in [2.05, 4.69) is 5.32 Å². The van der Waals surface area contributed by atoms with E-state index in [1.54, 1.807) is 24.3 Å². The Hall–Kier alpha value is -2.14. The van der Waals surface area contributed by atoms with Crippen molar-refractivity contribution in [3.63, 3.8) is 0 Å². The molecule has 1 aliphatic rings. The highest BCUT2D eigenvalue weighted by Crippen LogP contribution is 2.48. The van der Waals surface area contributed by atoms with E-state index >= 15 is 0 Å². The molecule has 0 bridgehead atoms. The Bertz CT molecular complexity index is 838. The van der Waals surface area contributed by atoms with Gasteiger partial charge in [-0.05, 0) is 43.0 Å². The summed E-state index contributed by atoms with van der Waals surface area (Å²) in [5, 5.41) is 3.07. The van der Waals surface area contributed by atoms with Gasteiger partial charge in [-0.3, -0.25) is 4.79 Å². The van der Waals surface area contributed by atoms with Crippen molar-refractivity contribution in [2.45, 2.75) is 36.1 Å². The van der Waals surface area contributed by atoms with Crippen molar-refractivity contribution in [3.05, 3.63) is 65.7 Å². The van der Waals surface area contributed by atoms with E-state index in [1.807, 2.05) is 37.3 Å². The van der Waals surface area contributed by atoms with Gasteiger partial charge in [0.1, 0.15) is 0 Å². The summed E-state index contributed by atoms with van der Waals surface area (Å²) in [5.74, 6) is 0.0355. The lowest BCUT2D eigenvalue weighted by molar-refractivity contribution is -0.124. The molecule has 126 valence electrons. The van der Waals surface area contributed by atoms with Crippen LogP contribution >= 0.6 is 0 Å². The van der Waals surface area contributed by atoms with E-state index in [4.69, 9.17) is 0 Å². The molecule has 0 spiro atoms. The van der Waals surface area contributed by atoms with Gasteiger partial charge in [-0.15, -0.1) is 0 Å². The van der Waals surface area contributed by atoms with Gasteiger partial charge in [0.25, 0.3) is 0 Å². The Morgan fingerprint density at radius 1 is 1.04 bits per heavy atom. The predicted octanol–water partition coefficient (Wildman–Crippen LogP) is 3.00. The van der Waals surface area contributed by atoms with Crippen molar-refractivity contribution < 1.29 is 13.2 Å². The molecule has 1 N–H and O–H groups in total. The minimum atomic E-state index is -3.20. The third-order valence-electron chi connectivity index (χ3n) is 4.67. The van der Waals surface area contributed by atoms with Crippen LogP contribution in [0.25, 0.3) is 0 Å². The fraction of sp³-hybridized carbons (Fsp3) is 0.316. The van der Waals surface area contributed by atoms with Crippen LogP contribution in [0, 0.1) is 0 Å². The Balaban J connectivity index is 1.73. The molecule has 2 aromatic rings. The number of hydrogen-bond donors (Lipinski definition) is 1. The summed E-state index contributed by atoms with van der Waals surface area (Å²) in [4.78, 5) is 13.0. The molecule has 1 amide bonds. The molecule has 5 heteroatoms. The van der Waals surface area contributed by atoms with Crippen LogP contribution in [-0.4, -0.2) is 20.6 Å². The first kappa shape index (κ1) is 16.7. The van der Waals surface area contributed by atoms with E-state index < -0.39 is 15.3 Å². The molecule has 3 rings (SSSR count). The van der Waals surface area contributed by atoms with Gasteiger partial charge in [-0.1, -0.05) is 42.5 Å². The predicted molar refractivity (Wildman–Crippen MR) is 93.5 cm³/mol. The third-order valence-corrected chi connectivity index (χ3v) is 5.80. The number of nitrogens with one attached hydrogen (secondary N) is 1. The van der Waals surface area contributed by atoms with Gasteiger partial charge in [0.05, 0.1) is 16.4 Å². The van der Waals surface area contributed by atoms with E-state index in [9.17, 15) is 13.2 Å². The van der Waals surface area contributed by atoms with Gasteiger partial charge < -0.3 is 5.32 Å². The number of benzene rings is 2. The average molecular weight is 343 g/mol. The molecule has 2 aromatic carbocycles. The van der Waals surface area contributed by atoms with Crippen LogP contribution in [0.5, 0.6) is 0 Å². The lowest BCUT2D eigenvalue weighted by atomic mass is 9.94. The molecule has 1 fully saturated rings. The van der Waals surface area contributed by atoms with Gasteiger partial charge >= 0.3 is 0 Å². The fourth-order valence-corrected chi connectivity index (χ4v) is 3.58. The molecule has 1 aliphatic carbocycles. The van der Waals surface area contributed by atoms with Crippen molar-refractivity contribution in [1.82, 2.24) is 5.32 Å². The second-order valence-electron chi connectivity index (χ2n) is 6.48. The molecular weight excluding hydrogens is 322 g/mol. The van der Waals surface area contributed by atoms with Crippen LogP contribution in [0.1, 0.15) is 36.9 Å². The highest BCUT2D eigenvalue weighted by atomic mass is 32.2. The second kappa shape index (κ2) is 6.06. The number of hydrogen-bond acceptors (Lipinski definition) is 3. The zero-order valence-corrected chi connectivity index (χ0v) is 14.6. The maximum Gasteiger partial charge on any atom is 0.231 e. The van der Waals surface area contributed by atoms with Crippen LogP contribution in [0.15, 0.2) is 59.5 Å². The lowest BCUT2D eigenvalue weighted by Crippen LogP contribution is -2.36. The van der Waals surface area contributed by atoms with Crippen molar-refractivity contribution in [1.29, 1.82) is 0 Å². The van der Waals surface area contributed by atoms with Gasteiger partial charge in [0.15, 0.2) is 9.84 Å². The quantitative estimate of drug-likeness (QED) is 0.908. The van der Waals surface area contributed by atoms with Gasteiger partial charge in [-0.25, -0.2) is 8.42 Å². The molecule has 0 saturated heterocycles. The zero-order valence-electron chi connectivity index (χ0n) is 13.8. The maximum absolute atomic E-state index is 12.7. The topological polar surface area (TPSA) is 63.2 Å². The van der Waals surface area contributed by atoms with Crippen molar-refractivity contribution in [3.8, 4) is 0 Å². The van der Waals surface area contributed by atoms with E-state index in [1.165, 1.54) is 6.26 Å². The molecule has 0 aromatic heterocycles. The first-order valence-electron chi connectivity index (χ1n) is 7.99. The van der Waals surface area contributed by atoms with Crippen LogP contribution in [0.4, 0.5) is 0 Å². The highest BCUT2D eigenvalue weighted by molar-refractivity contribution is 7.90. The summed E-state index contributed by atoms with van der Waals surface area (Å²) in [7, 11) is -3.20. The van der Waals surface area contributed by atoms with Gasteiger partial charge in [0, 0.05) is 6.26 Å². The van der Waals surface area contributed by atoms with Crippen molar-refractivity contribution in [2.24, 2.45) is 0 Å². The van der Waals surface area contributed by atoms with Crippen molar-refractivity contribution in [2.75, 3.05) is 6.26 Å². The minimum absolute atomic E-state index is 0.0355. The smallest absolute Gasteiger partial charge is 0.231 e. The largest absolute Gasteiger partial charge is 0.349 e. The molecule has 1 atom stereocenters. The summed E-state index contributed by atoms with van der Waals surface area (Å²) in [6.45, 7) is 1.91. The molecule has 24 heavy (non-hydrogen) atoms. The Labute approximate surface area is 142 Å². The summed E-state index contributed by atoms with van der Waals surface area (Å²) in [6, 6.07) is 16.3. The SMILES string of the molecule is CC(NC(=O)C1(c2ccccc2)CC1)c1ccc(S(C)(=O)=O)cc1. The standard InChI is InChI=1S/C19H21NO3S/c1-14(15-8-10-17(11-9-15)24(2,22)23)20-18(21)19(12-13-19)16-6-4-3-5-7-16/h3-11,14H,12-13H2,1-2H3,(H,20,21). The summed E-state index contributed by atoms with van der Waals surface area (Å²) < 4.78 is 23.0. The van der Waals surface area contributed by atoms with E-state index in [0.29, 0.717) is 0 Å². The van der Waals surface area contributed by atoms with Crippen LogP contribution in [0.3, 0.4) is 0 Å². The molecule has 0 heterocycles. The van der Waals surface area contributed by atoms with Gasteiger partial charge in [0.2, 0.25) is 5.91 Å². The average Bonchev–Trinajstić information content (AvgIpc) is 3.37. The number of sulfone groups is 1. The summed E-state index contributed by atoms with van der Waals surface area (Å²) in [5.41, 5.74) is 1.55. The third kappa shape index (κ3) is 3.22. The van der Waals surface area contributed by atoms with Gasteiger partial charge in [-0.2, -0.15) is 0 Å². The number of rotatable bonds is 5. The monoisotopic (exact) mass is 343 g/mol. The minimum Gasteiger partial charge on any atom is -0.349 e. The Morgan fingerprint density at radius 3 is 2.12 bits per heavy atom. The molecule has 0 radical (unpaired) electrons. The van der Waals surface area contributed by atoms with Crippen molar-refractivity contribution >= 4 is 15.7 Å². The Kier molecular flexibility index (Phi) is 4.22. The molecule has 4 nitrogen and oxygen atoms in total. The lowest BCUT2D eigenvalue weighted by Gasteiger charge is -2.20. The van der Waals surface area contributed by atoms with E-state index in [0.717, 1.165) is 24.0 Å². The van der Waals surface area contributed by atoms with E-state index in [-0.39, 0.29) is 16.8 Å². The summed E-state index contributed by atoms with van der Waals surface area (Å²) in [6.07, 6.45) is 2.91. The normalized spacial score (nSPS) is 17.1. The highest BCUT2D eigenvalue weighted by Gasteiger charge is 2.51. The molecule has 0 aliphatic heterocycles. The maximum atomic E-state index is 12.7. The van der Waals surface area contributed by atoms with Crippen LogP contribution in [0.2, 0.25) is 0 Å². The molecule has 1 saturated carbocycles. The van der Waals surface area contributed by atoms with Crippen LogP contribution < -0.4 is 5.32 Å². The summed E-state index contributed by atoms with van der Waals surface area (Å²) >= 11 is 0. The first-order valence-corrected chi connectivity index (χ1v) is 9.89. The Morgan fingerprint density at radius 2 is 1.62 bits per heavy atom. The second-order valence-corrected chi connectivity index (χ2v) is 8.50. The number of amides is 1. The zero-order chi connectivity index (χ0) is 17.4. The molecule has 1 unspecified atom stereocenters.